The number of carbonyl (C=O) groups excluding carboxylic acids is 1. The first kappa shape index (κ1) is 21.4. The van der Waals surface area contributed by atoms with Gasteiger partial charge in [0.05, 0.1) is 6.10 Å². The van der Waals surface area contributed by atoms with E-state index in [1.54, 1.807) is 24.3 Å². The van der Waals surface area contributed by atoms with Crippen molar-refractivity contribution in [3.05, 3.63) is 53.3 Å². The topological polar surface area (TPSA) is 51.2 Å². The molecule has 1 atom stereocenters. The minimum atomic E-state index is -4.50. The van der Waals surface area contributed by atoms with Gasteiger partial charge in [-0.3, -0.25) is 9.78 Å². The zero-order valence-corrected chi connectivity index (χ0v) is 16.6. The predicted molar refractivity (Wildman–Crippen MR) is 105 cm³/mol. The monoisotopic (exact) mass is 426 g/mol. The Labute approximate surface area is 172 Å². The van der Waals surface area contributed by atoms with Gasteiger partial charge in [0.1, 0.15) is 11.4 Å². The van der Waals surface area contributed by atoms with E-state index in [1.165, 1.54) is 6.07 Å². The first-order valence-corrected chi connectivity index (χ1v) is 9.86. The van der Waals surface area contributed by atoms with Gasteiger partial charge in [0.2, 0.25) is 5.91 Å². The second-order valence-corrected chi connectivity index (χ2v) is 7.75. The van der Waals surface area contributed by atoms with Gasteiger partial charge in [0.15, 0.2) is 0 Å². The molecule has 1 amide bonds. The molecule has 8 heteroatoms. The molecule has 1 aliphatic rings. The molecule has 3 rings (SSSR count). The van der Waals surface area contributed by atoms with Crippen LogP contribution in [0.3, 0.4) is 0 Å². The summed E-state index contributed by atoms with van der Waals surface area (Å²) in [6, 6.07) is 9.29. The number of alkyl halides is 3. The van der Waals surface area contributed by atoms with Gasteiger partial charge in [-0.15, -0.1) is 0 Å². The molecule has 1 aliphatic carbocycles. The van der Waals surface area contributed by atoms with E-state index in [9.17, 15) is 18.0 Å². The lowest BCUT2D eigenvalue weighted by Gasteiger charge is -2.32. The molecular weight excluding hydrogens is 405 g/mol. The van der Waals surface area contributed by atoms with Crippen molar-refractivity contribution in [3.8, 4) is 5.75 Å². The van der Waals surface area contributed by atoms with Crippen LogP contribution >= 0.6 is 11.6 Å². The fourth-order valence-electron chi connectivity index (χ4n) is 3.54. The molecule has 0 saturated heterocycles. The number of halogens is 4. The SMILES string of the molecule is C[C@H](C(=O)Nc1ccc(Cl)cc1)[C@H]1CC[C@H](Oc2ccnc(C(F)(F)F)c2)CC1. The van der Waals surface area contributed by atoms with Crippen molar-refractivity contribution in [3.63, 3.8) is 0 Å². The van der Waals surface area contributed by atoms with Crippen LogP contribution in [0.15, 0.2) is 42.6 Å². The third-order valence-electron chi connectivity index (χ3n) is 5.28. The normalized spacial score (nSPS) is 20.7. The highest BCUT2D eigenvalue weighted by atomic mass is 35.5. The summed E-state index contributed by atoms with van der Waals surface area (Å²) in [5.74, 6) is 0.139. The van der Waals surface area contributed by atoms with Gasteiger partial charge in [0.25, 0.3) is 0 Å². The first-order valence-electron chi connectivity index (χ1n) is 9.48. The third kappa shape index (κ3) is 5.85. The second kappa shape index (κ2) is 9.03. The molecule has 1 aromatic carbocycles. The molecule has 29 heavy (non-hydrogen) atoms. The fraction of sp³-hybridized carbons (Fsp3) is 0.429. The van der Waals surface area contributed by atoms with Gasteiger partial charge < -0.3 is 10.1 Å². The van der Waals surface area contributed by atoms with Crippen molar-refractivity contribution in [1.82, 2.24) is 4.98 Å². The zero-order valence-electron chi connectivity index (χ0n) is 15.9. The van der Waals surface area contributed by atoms with Gasteiger partial charge >= 0.3 is 6.18 Å². The van der Waals surface area contributed by atoms with Gasteiger partial charge in [-0.05, 0) is 61.9 Å². The van der Waals surface area contributed by atoms with E-state index in [0.717, 1.165) is 25.1 Å². The first-order chi connectivity index (χ1) is 13.7. The van der Waals surface area contributed by atoms with Crippen LogP contribution in [0, 0.1) is 11.8 Å². The summed E-state index contributed by atoms with van der Waals surface area (Å²) in [4.78, 5) is 15.9. The third-order valence-corrected chi connectivity index (χ3v) is 5.53. The lowest BCUT2D eigenvalue weighted by atomic mass is 9.79. The van der Waals surface area contributed by atoms with Crippen molar-refractivity contribution < 1.29 is 22.7 Å². The van der Waals surface area contributed by atoms with Crippen LogP contribution in [-0.2, 0) is 11.0 Å². The van der Waals surface area contributed by atoms with Crippen LogP contribution in [-0.4, -0.2) is 17.0 Å². The molecule has 0 bridgehead atoms. The molecule has 0 spiro atoms. The molecular formula is C21H22ClF3N2O2. The zero-order chi connectivity index (χ0) is 21.0. The Kier molecular flexibility index (Phi) is 6.67. The predicted octanol–water partition coefficient (Wildman–Crippen LogP) is 5.97. The Hall–Kier alpha value is -2.28. The Morgan fingerprint density at radius 1 is 1.17 bits per heavy atom. The molecule has 1 fully saturated rings. The van der Waals surface area contributed by atoms with Gasteiger partial charge in [0, 0.05) is 28.9 Å². The fourth-order valence-corrected chi connectivity index (χ4v) is 3.67. The number of pyridine rings is 1. The lowest BCUT2D eigenvalue weighted by molar-refractivity contribution is -0.141. The molecule has 4 nitrogen and oxygen atoms in total. The molecule has 1 saturated carbocycles. The molecule has 0 unspecified atom stereocenters. The molecule has 1 heterocycles. The average molecular weight is 427 g/mol. The van der Waals surface area contributed by atoms with E-state index in [1.807, 2.05) is 6.92 Å². The Balaban J connectivity index is 1.51. The summed E-state index contributed by atoms with van der Waals surface area (Å²) in [6.07, 6.45) is -0.633. The highest BCUT2D eigenvalue weighted by Crippen LogP contribution is 2.34. The summed E-state index contributed by atoms with van der Waals surface area (Å²) in [5.41, 5.74) is -0.266. The van der Waals surface area contributed by atoms with Crippen LogP contribution in [0.5, 0.6) is 5.75 Å². The highest BCUT2D eigenvalue weighted by Gasteiger charge is 2.33. The standard InChI is InChI=1S/C21H22ClF3N2O2/c1-13(20(28)27-16-6-4-15(22)5-7-16)14-2-8-17(9-3-14)29-18-10-11-26-19(12-18)21(23,24)25/h4-7,10-14,17H,2-3,8-9H2,1H3,(H,27,28)/t13-,14-,17-/m0/s1. The Morgan fingerprint density at radius 3 is 2.45 bits per heavy atom. The maximum atomic E-state index is 12.8. The number of aromatic nitrogens is 1. The number of benzene rings is 1. The molecule has 0 radical (unpaired) electrons. The van der Waals surface area contributed by atoms with Crippen molar-refractivity contribution in [2.24, 2.45) is 11.8 Å². The summed E-state index contributed by atoms with van der Waals surface area (Å²) >= 11 is 5.85. The van der Waals surface area contributed by atoms with Crippen molar-refractivity contribution in [1.29, 1.82) is 0 Å². The number of anilines is 1. The number of ether oxygens (including phenoxy) is 1. The van der Waals surface area contributed by atoms with Crippen molar-refractivity contribution >= 4 is 23.2 Å². The molecule has 2 aromatic rings. The highest BCUT2D eigenvalue weighted by molar-refractivity contribution is 6.30. The molecule has 0 aliphatic heterocycles. The number of nitrogens with zero attached hydrogens (tertiary/aromatic N) is 1. The van der Waals surface area contributed by atoms with E-state index in [2.05, 4.69) is 10.3 Å². The summed E-state index contributed by atoms with van der Waals surface area (Å²) < 4.78 is 44.1. The number of nitrogens with one attached hydrogen (secondary N) is 1. The van der Waals surface area contributed by atoms with Crippen LogP contribution in [0.2, 0.25) is 5.02 Å². The van der Waals surface area contributed by atoms with E-state index < -0.39 is 11.9 Å². The van der Waals surface area contributed by atoms with Gasteiger partial charge in [-0.25, -0.2) is 0 Å². The molecule has 1 N–H and O–H groups in total. The Morgan fingerprint density at radius 2 is 1.83 bits per heavy atom. The van der Waals surface area contributed by atoms with Crippen LogP contribution < -0.4 is 10.1 Å². The Bertz CT molecular complexity index is 835. The van der Waals surface area contributed by atoms with Crippen molar-refractivity contribution in [2.75, 3.05) is 5.32 Å². The van der Waals surface area contributed by atoms with Gasteiger partial charge in [-0.1, -0.05) is 18.5 Å². The number of carbonyl (C=O) groups is 1. The summed E-state index contributed by atoms with van der Waals surface area (Å²) in [6.45, 7) is 1.90. The quantitative estimate of drug-likeness (QED) is 0.641. The summed E-state index contributed by atoms with van der Waals surface area (Å²) in [7, 11) is 0. The van der Waals surface area contributed by atoms with Crippen LogP contribution in [0.4, 0.5) is 18.9 Å². The summed E-state index contributed by atoms with van der Waals surface area (Å²) in [5, 5.41) is 3.50. The average Bonchev–Trinajstić information content (AvgIpc) is 2.69. The van der Waals surface area contributed by atoms with Crippen molar-refractivity contribution in [2.45, 2.75) is 44.9 Å². The van der Waals surface area contributed by atoms with Gasteiger partial charge in [-0.2, -0.15) is 13.2 Å². The maximum absolute atomic E-state index is 12.8. The minimum Gasteiger partial charge on any atom is -0.490 e. The van der Waals surface area contributed by atoms with E-state index in [0.29, 0.717) is 23.6 Å². The smallest absolute Gasteiger partial charge is 0.433 e. The molecule has 156 valence electrons. The minimum absolute atomic E-state index is 0.0550. The van der Waals surface area contributed by atoms with Crippen LogP contribution in [0.25, 0.3) is 0 Å². The lowest BCUT2D eigenvalue weighted by Crippen LogP contribution is -2.32. The van der Waals surface area contributed by atoms with E-state index in [-0.39, 0.29) is 29.6 Å². The second-order valence-electron chi connectivity index (χ2n) is 7.31. The number of hydrogen-bond donors (Lipinski definition) is 1. The number of amides is 1. The van der Waals surface area contributed by atoms with E-state index in [4.69, 9.17) is 16.3 Å². The maximum Gasteiger partial charge on any atom is 0.433 e. The number of rotatable bonds is 5. The van der Waals surface area contributed by atoms with Crippen LogP contribution in [0.1, 0.15) is 38.3 Å². The molecule has 1 aromatic heterocycles. The van der Waals surface area contributed by atoms with E-state index >= 15 is 0 Å². The largest absolute Gasteiger partial charge is 0.490 e. The number of hydrogen-bond acceptors (Lipinski definition) is 3.